The van der Waals surface area contributed by atoms with E-state index in [1.807, 2.05) is 48.7 Å². The maximum absolute atomic E-state index is 12.5. The van der Waals surface area contributed by atoms with E-state index in [0.717, 1.165) is 27.6 Å². The van der Waals surface area contributed by atoms with Crippen molar-refractivity contribution in [3.8, 4) is 27.6 Å². The van der Waals surface area contributed by atoms with Gasteiger partial charge in [0, 0.05) is 27.9 Å². The molecule has 0 aliphatic heterocycles. The van der Waals surface area contributed by atoms with Gasteiger partial charge >= 0.3 is 0 Å². The maximum Gasteiger partial charge on any atom is 0.261 e. The first-order valence-electron chi connectivity index (χ1n) is 9.62. The predicted octanol–water partition coefficient (Wildman–Crippen LogP) is 5.26. The lowest BCUT2D eigenvalue weighted by molar-refractivity contribution is 0.340. The average molecular weight is 452 g/mol. The van der Waals surface area contributed by atoms with Crippen molar-refractivity contribution in [1.82, 2.24) is 4.98 Å². The van der Waals surface area contributed by atoms with E-state index >= 15 is 0 Å². The van der Waals surface area contributed by atoms with Crippen molar-refractivity contribution < 1.29 is 13.2 Å². The molecule has 158 valence electrons. The summed E-state index contributed by atoms with van der Waals surface area (Å²) in [6, 6.07) is 21.0. The number of rotatable bonds is 7. The molecule has 31 heavy (non-hydrogen) atoms. The molecule has 3 N–H and O–H groups in total. The highest BCUT2D eigenvalue weighted by Crippen LogP contribution is 2.30. The number of hydrogen-bond donors (Lipinski definition) is 2. The van der Waals surface area contributed by atoms with E-state index in [-0.39, 0.29) is 4.90 Å². The van der Waals surface area contributed by atoms with Gasteiger partial charge in [-0.1, -0.05) is 12.1 Å². The number of aromatic nitrogens is 1. The van der Waals surface area contributed by atoms with Gasteiger partial charge in [-0.25, -0.2) is 13.4 Å². The van der Waals surface area contributed by atoms with Crippen LogP contribution in [0.4, 0.5) is 11.4 Å². The van der Waals surface area contributed by atoms with Gasteiger partial charge in [0.2, 0.25) is 0 Å². The summed E-state index contributed by atoms with van der Waals surface area (Å²) in [6.07, 6.45) is 0. The highest BCUT2D eigenvalue weighted by Gasteiger charge is 2.14. The molecule has 4 rings (SSSR count). The van der Waals surface area contributed by atoms with Crippen LogP contribution in [0.15, 0.2) is 83.1 Å². The Morgan fingerprint density at radius 2 is 1.58 bits per heavy atom. The predicted molar refractivity (Wildman–Crippen MR) is 126 cm³/mol. The van der Waals surface area contributed by atoms with Gasteiger partial charge in [0.1, 0.15) is 10.8 Å². The molecule has 1 heterocycles. The summed E-state index contributed by atoms with van der Waals surface area (Å²) in [7, 11) is -3.68. The van der Waals surface area contributed by atoms with E-state index in [1.54, 1.807) is 35.6 Å². The Bertz CT molecular complexity index is 1270. The molecule has 0 saturated heterocycles. The van der Waals surface area contributed by atoms with Crippen LogP contribution in [0.3, 0.4) is 0 Å². The monoisotopic (exact) mass is 451 g/mol. The number of nitrogens with two attached hydrogens (primary N) is 1. The van der Waals surface area contributed by atoms with E-state index in [1.165, 1.54) is 12.1 Å². The number of ether oxygens (including phenoxy) is 1. The Balaban J connectivity index is 1.49. The molecule has 8 heteroatoms. The van der Waals surface area contributed by atoms with Crippen LogP contribution in [0, 0.1) is 0 Å². The van der Waals surface area contributed by atoms with Crippen molar-refractivity contribution in [3.05, 3.63) is 78.2 Å². The molecule has 0 bridgehead atoms. The molecular weight excluding hydrogens is 430 g/mol. The highest BCUT2D eigenvalue weighted by molar-refractivity contribution is 7.92. The van der Waals surface area contributed by atoms with Gasteiger partial charge < -0.3 is 10.5 Å². The Morgan fingerprint density at radius 3 is 2.23 bits per heavy atom. The van der Waals surface area contributed by atoms with Crippen LogP contribution in [-0.4, -0.2) is 20.0 Å². The van der Waals surface area contributed by atoms with E-state index in [2.05, 4.69) is 4.72 Å². The van der Waals surface area contributed by atoms with Crippen molar-refractivity contribution in [1.29, 1.82) is 0 Å². The molecule has 0 atom stereocenters. The zero-order chi connectivity index (χ0) is 21.8. The highest BCUT2D eigenvalue weighted by atomic mass is 32.2. The molecule has 6 nitrogen and oxygen atoms in total. The van der Waals surface area contributed by atoms with Crippen LogP contribution in [-0.2, 0) is 10.0 Å². The second-order valence-corrected chi connectivity index (χ2v) is 9.29. The molecule has 3 aromatic carbocycles. The topological polar surface area (TPSA) is 94.3 Å². The fraction of sp³-hybridized carbons (Fsp3) is 0.0870. The average Bonchev–Trinajstić information content (AvgIpc) is 3.25. The van der Waals surface area contributed by atoms with Crippen LogP contribution >= 0.6 is 11.3 Å². The van der Waals surface area contributed by atoms with Crippen molar-refractivity contribution in [2.75, 3.05) is 17.1 Å². The third-order valence-corrected chi connectivity index (χ3v) is 6.83. The van der Waals surface area contributed by atoms with Gasteiger partial charge in [-0.3, -0.25) is 4.72 Å². The van der Waals surface area contributed by atoms with Crippen LogP contribution in [0.5, 0.6) is 5.75 Å². The minimum absolute atomic E-state index is 0.158. The number of nitrogens with one attached hydrogen (secondary N) is 1. The molecular formula is C23H21N3O3S2. The molecule has 0 amide bonds. The molecule has 0 aliphatic carbocycles. The minimum Gasteiger partial charge on any atom is -0.494 e. The fourth-order valence-corrected chi connectivity index (χ4v) is 4.86. The lowest BCUT2D eigenvalue weighted by Gasteiger charge is -2.09. The van der Waals surface area contributed by atoms with Crippen molar-refractivity contribution in [2.45, 2.75) is 11.8 Å². The molecule has 0 unspecified atom stereocenters. The van der Waals surface area contributed by atoms with Gasteiger partial charge in [0.15, 0.2) is 0 Å². The van der Waals surface area contributed by atoms with Crippen molar-refractivity contribution in [2.24, 2.45) is 0 Å². The molecule has 4 aromatic rings. The number of nitrogens with zero attached hydrogens (tertiary/aromatic N) is 1. The Labute approximate surface area is 185 Å². The molecule has 0 saturated carbocycles. The largest absolute Gasteiger partial charge is 0.494 e. The first-order chi connectivity index (χ1) is 14.9. The van der Waals surface area contributed by atoms with E-state index in [4.69, 9.17) is 15.5 Å². The smallest absolute Gasteiger partial charge is 0.261 e. The third kappa shape index (κ3) is 4.87. The second kappa shape index (κ2) is 8.79. The number of thiazole rings is 1. The number of benzene rings is 3. The SMILES string of the molecule is CCOc1ccc(-c2nc(-c3ccc(NS(=O)(=O)c4ccc(N)cc4)cc3)cs2)cc1. The van der Waals surface area contributed by atoms with Gasteiger partial charge in [-0.15, -0.1) is 11.3 Å². The fourth-order valence-electron chi connectivity index (χ4n) is 2.97. The first kappa shape index (κ1) is 20.9. The zero-order valence-electron chi connectivity index (χ0n) is 16.8. The van der Waals surface area contributed by atoms with Crippen LogP contribution in [0.1, 0.15) is 6.92 Å². The van der Waals surface area contributed by atoms with Gasteiger partial charge in [-0.05, 0) is 67.6 Å². The number of anilines is 2. The lowest BCUT2D eigenvalue weighted by atomic mass is 10.1. The number of sulfonamides is 1. The summed E-state index contributed by atoms with van der Waals surface area (Å²) < 4.78 is 33.1. The summed E-state index contributed by atoms with van der Waals surface area (Å²) in [5.41, 5.74) is 9.37. The third-order valence-electron chi connectivity index (χ3n) is 4.54. The van der Waals surface area contributed by atoms with Crippen molar-refractivity contribution >= 4 is 32.7 Å². The van der Waals surface area contributed by atoms with Gasteiger partial charge in [0.25, 0.3) is 10.0 Å². The normalized spacial score (nSPS) is 11.3. The summed E-state index contributed by atoms with van der Waals surface area (Å²) in [6.45, 7) is 2.59. The molecule has 0 fully saturated rings. The van der Waals surface area contributed by atoms with Crippen molar-refractivity contribution in [3.63, 3.8) is 0 Å². The molecule has 1 aromatic heterocycles. The maximum atomic E-state index is 12.5. The Hall–Kier alpha value is -3.36. The van der Waals surface area contributed by atoms with Crippen LogP contribution < -0.4 is 15.2 Å². The van der Waals surface area contributed by atoms with Gasteiger partial charge in [0.05, 0.1) is 17.2 Å². The Kier molecular flexibility index (Phi) is 5.92. The second-order valence-electron chi connectivity index (χ2n) is 6.75. The standard InChI is InChI=1S/C23H21N3O3S2/c1-2-29-20-11-5-17(6-12-20)23-25-22(15-30-23)16-3-9-19(10-4-16)26-31(27,28)21-13-7-18(24)8-14-21/h3-15,26H,2,24H2,1H3. The molecule has 0 spiro atoms. The number of nitrogen functional groups attached to an aromatic ring is 1. The van der Waals surface area contributed by atoms with E-state index in [9.17, 15) is 8.42 Å². The van der Waals surface area contributed by atoms with Gasteiger partial charge in [-0.2, -0.15) is 0 Å². The zero-order valence-corrected chi connectivity index (χ0v) is 18.4. The van der Waals surface area contributed by atoms with Crippen LogP contribution in [0.25, 0.3) is 21.8 Å². The first-order valence-corrected chi connectivity index (χ1v) is 12.0. The summed E-state index contributed by atoms with van der Waals surface area (Å²) in [5.74, 6) is 0.833. The number of hydrogen-bond acceptors (Lipinski definition) is 6. The summed E-state index contributed by atoms with van der Waals surface area (Å²) in [5, 5.41) is 2.89. The molecule has 0 aliphatic rings. The minimum atomic E-state index is -3.68. The Morgan fingerprint density at radius 1 is 0.935 bits per heavy atom. The van der Waals surface area contributed by atoms with Crippen LogP contribution in [0.2, 0.25) is 0 Å². The van der Waals surface area contributed by atoms with E-state index < -0.39 is 10.0 Å². The lowest BCUT2D eigenvalue weighted by Crippen LogP contribution is -2.12. The summed E-state index contributed by atoms with van der Waals surface area (Å²) in [4.78, 5) is 4.87. The summed E-state index contributed by atoms with van der Waals surface area (Å²) >= 11 is 1.56. The molecule has 0 radical (unpaired) electrons. The van der Waals surface area contributed by atoms with E-state index in [0.29, 0.717) is 18.0 Å². The quantitative estimate of drug-likeness (QED) is 0.374.